The number of amides is 1. The summed E-state index contributed by atoms with van der Waals surface area (Å²) in [5, 5.41) is 10.8. The number of anilines is 1. The van der Waals surface area contributed by atoms with Gasteiger partial charge in [0.1, 0.15) is 0 Å². The summed E-state index contributed by atoms with van der Waals surface area (Å²) in [4.78, 5) is 10.4. The molecule has 2 N–H and O–H groups in total. The quantitative estimate of drug-likeness (QED) is 0.775. The fourth-order valence-electron chi connectivity index (χ4n) is 1.10. The highest BCUT2D eigenvalue weighted by atomic mass is 16.5. The Bertz CT molecular complexity index is 338. The normalized spacial score (nSPS) is 9.29. The third-order valence-electron chi connectivity index (χ3n) is 1.64. The maximum atomic E-state index is 10.4. The largest absolute Gasteiger partial charge is 0.493 e. The third-order valence-corrected chi connectivity index (χ3v) is 1.64. The maximum Gasteiger partial charge on any atom is 0.409 e. The molecule has 0 heterocycles. The summed E-state index contributed by atoms with van der Waals surface area (Å²) in [6.07, 6.45) is -1.14. The first-order chi connectivity index (χ1) is 6.69. The van der Waals surface area contributed by atoms with E-state index in [-0.39, 0.29) is 0 Å². The lowest BCUT2D eigenvalue weighted by atomic mass is 10.2. The second-order valence-corrected chi connectivity index (χ2v) is 2.47. The molecule has 14 heavy (non-hydrogen) atoms. The molecule has 1 amide bonds. The van der Waals surface area contributed by atoms with Crippen molar-refractivity contribution in [2.45, 2.75) is 0 Å². The molecule has 1 rings (SSSR count). The van der Waals surface area contributed by atoms with Gasteiger partial charge in [0, 0.05) is 0 Å². The summed E-state index contributed by atoms with van der Waals surface area (Å²) in [5.74, 6) is 0.858. The van der Waals surface area contributed by atoms with Gasteiger partial charge in [0.05, 0.1) is 19.9 Å². The van der Waals surface area contributed by atoms with Crippen molar-refractivity contribution < 1.29 is 19.4 Å². The maximum absolute atomic E-state index is 10.4. The highest BCUT2D eigenvalue weighted by Crippen LogP contribution is 2.34. The van der Waals surface area contributed by atoms with E-state index in [0.29, 0.717) is 17.2 Å². The number of carboxylic acid groups (broad SMARTS) is 1. The van der Waals surface area contributed by atoms with Gasteiger partial charge in [-0.2, -0.15) is 0 Å². The third kappa shape index (κ3) is 2.07. The number of ether oxygens (including phenoxy) is 2. The number of benzene rings is 1. The van der Waals surface area contributed by atoms with E-state index in [9.17, 15) is 4.79 Å². The Balaban J connectivity index is 3.08. The van der Waals surface area contributed by atoms with Gasteiger partial charge in [0.25, 0.3) is 0 Å². The van der Waals surface area contributed by atoms with Crippen LogP contribution in [0.4, 0.5) is 10.5 Å². The standard InChI is InChI=1S/C9H11NO4/c1-13-7-5-3-4-6(8(7)14-2)10-9(11)12/h3-5,10H,1-2H3,(H,11,12). The summed E-state index contributed by atoms with van der Waals surface area (Å²) in [5.41, 5.74) is 0.361. The fourth-order valence-corrected chi connectivity index (χ4v) is 1.10. The Hall–Kier alpha value is -1.91. The Labute approximate surface area is 81.3 Å². The molecule has 0 aliphatic carbocycles. The molecule has 0 aliphatic heterocycles. The monoisotopic (exact) mass is 197 g/mol. The van der Waals surface area contributed by atoms with Crippen LogP contribution in [-0.2, 0) is 0 Å². The average molecular weight is 197 g/mol. The first kappa shape index (κ1) is 10.2. The number of hydrogen-bond donors (Lipinski definition) is 2. The lowest BCUT2D eigenvalue weighted by Gasteiger charge is -2.11. The molecule has 0 saturated carbocycles. The second-order valence-electron chi connectivity index (χ2n) is 2.47. The van der Waals surface area contributed by atoms with E-state index in [4.69, 9.17) is 14.6 Å². The highest BCUT2D eigenvalue weighted by Gasteiger charge is 2.10. The van der Waals surface area contributed by atoms with Gasteiger partial charge < -0.3 is 14.6 Å². The number of hydrogen-bond acceptors (Lipinski definition) is 3. The van der Waals surface area contributed by atoms with Crippen molar-refractivity contribution in [1.29, 1.82) is 0 Å². The van der Waals surface area contributed by atoms with Crippen LogP contribution in [0.15, 0.2) is 18.2 Å². The SMILES string of the molecule is COc1cccc(NC(=O)O)c1OC. The summed E-state index contributed by atoms with van der Waals surface area (Å²) in [6.45, 7) is 0. The van der Waals surface area contributed by atoms with Crippen molar-refractivity contribution in [2.24, 2.45) is 0 Å². The predicted molar refractivity (Wildman–Crippen MR) is 51.2 cm³/mol. The zero-order chi connectivity index (χ0) is 10.6. The number of carbonyl (C=O) groups is 1. The van der Waals surface area contributed by atoms with Crippen LogP contribution in [0.2, 0.25) is 0 Å². The molecule has 0 aliphatic rings. The van der Waals surface area contributed by atoms with Gasteiger partial charge in [-0.15, -0.1) is 0 Å². The molecule has 0 radical (unpaired) electrons. The van der Waals surface area contributed by atoms with Crippen molar-refractivity contribution in [1.82, 2.24) is 0 Å². The van der Waals surface area contributed by atoms with E-state index in [1.807, 2.05) is 0 Å². The minimum Gasteiger partial charge on any atom is -0.493 e. The Morgan fingerprint density at radius 1 is 1.36 bits per heavy atom. The smallest absolute Gasteiger partial charge is 0.409 e. The topological polar surface area (TPSA) is 67.8 Å². The van der Waals surface area contributed by atoms with E-state index in [0.717, 1.165) is 0 Å². The van der Waals surface area contributed by atoms with Crippen LogP contribution in [0.3, 0.4) is 0 Å². The van der Waals surface area contributed by atoms with Gasteiger partial charge in [0.2, 0.25) is 0 Å². The molecular formula is C9H11NO4. The van der Waals surface area contributed by atoms with Crippen molar-refractivity contribution in [3.8, 4) is 11.5 Å². The highest BCUT2D eigenvalue weighted by molar-refractivity contribution is 5.86. The van der Waals surface area contributed by atoms with E-state index >= 15 is 0 Å². The van der Waals surface area contributed by atoms with Gasteiger partial charge in [-0.05, 0) is 12.1 Å². The number of methoxy groups -OCH3 is 2. The molecule has 0 spiro atoms. The zero-order valence-electron chi connectivity index (χ0n) is 7.90. The Kier molecular flexibility index (Phi) is 3.17. The molecule has 1 aromatic rings. The van der Waals surface area contributed by atoms with Crippen LogP contribution in [0, 0.1) is 0 Å². The minimum atomic E-state index is -1.14. The molecule has 0 aromatic heterocycles. The van der Waals surface area contributed by atoms with Crippen LogP contribution in [-0.4, -0.2) is 25.4 Å². The number of nitrogens with one attached hydrogen (secondary N) is 1. The van der Waals surface area contributed by atoms with E-state index in [1.165, 1.54) is 14.2 Å². The molecule has 0 fully saturated rings. The molecule has 0 saturated heterocycles. The first-order valence-corrected chi connectivity index (χ1v) is 3.90. The van der Waals surface area contributed by atoms with Crippen LogP contribution in [0.5, 0.6) is 11.5 Å². The van der Waals surface area contributed by atoms with Gasteiger partial charge >= 0.3 is 6.09 Å². The average Bonchev–Trinajstić information content (AvgIpc) is 2.16. The zero-order valence-corrected chi connectivity index (χ0v) is 7.90. The number of para-hydroxylation sites is 1. The summed E-state index contributed by atoms with van der Waals surface area (Å²) < 4.78 is 10.0. The Morgan fingerprint density at radius 2 is 2.07 bits per heavy atom. The van der Waals surface area contributed by atoms with E-state index < -0.39 is 6.09 Å². The number of rotatable bonds is 3. The minimum absolute atomic E-state index is 0.361. The van der Waals surface area contributed by atoms with Gasteiger partial charge in [0.15, 0.2) is 11.5 Å². The van der Waals surface area contributed by atoms with Crippen LogP contribution < -0.4 is 14.8 Å². The van der Waals surface area contributed by atoms with Crippen molar-refractivity contribution in [3.05, 3.63) is 18.2 Å². The lowest BCUT2D eigenvalue weighted by molar-refractivity contribution is 0.209. The van der Waals surface area contributed by atoms with E-state index in [2.05, 4.69) is 5.32 Å². The van der Waals surface area contributed by atoms with Crippen LogP contribution >= 0.6 is 0 Å². The van der Waals surface area contributed by atoms with E-state index in [1.54, 1.807) is 18.2 Å². The molecule has 76 valence electrons. The summed E-state index contributed by atoms with van der Waals surface area (Å²) in [7, 11) is 2.94. The lowest BCUT2D eigenvalue weighted by Crippen LogP contribution is -2.08. The first-order valence-electron chi connectivity index (χ1n) is 3.90. The van der Waals surface area contributed by atoms with Gasteiger partial charge in [-0.1, -0.05) is 6.07 Å². The molecule has 1 aromatic carbocycles. The molecule has 0 bridgehead atoms. The molecule has 0 unspecified atom stereocenters. The predicted octanol–water partition coefficient (Wildman–Crippen LogP) is 1.79. The summed E-state index contributed by atoms with van der Waals surface area (Å²) >= 11 is 0. The van der Waals surface area contributed by atoms with Gasteiger partial charge in [-0.25, -0.2) is 4.79 Å². The fraction of sp³-hybridized carbons (Fsp3) is 0.222. The molecule has 0 atom stereocenters. The molecular weight excluding hydrogens is 186 g/mol. The second kappa shape index (κ2) is 4.36. The van der Waals surface area contributed by atoms with Crippen molar-refractivity contribution in [2.75, 3.05) is 19.5 Å². The Morgan fingerprint density at radius 3 is 2.57 bits per heavy atom. The summed E-state index contributed by atoms with van der Waals surface area (Å²) in [6, 6.07) is 4.95. The molecule has 5 nitrogen and oxygen atoms in total. The van der Waals surface area contributed by atoms with Crippen molar-refractivity contribution >= 4 is 11.8 Å². The van der Waals surface area contributed by atoms with Crippen LogP contribution in [0.25, 0.3) is 0 Å². The molecule has 5 heteroatoms. The van der Waals surface area contributed by atoms with Gasteiger partial charge in [-0.3, -0.25) is 5.32 Å². The van der Waals surface area contributed by atoms with Crippen molar-refractivity contribution in [3.63, 3.8) is 0 Å². The van der Waals surface area contributed by atoms with Crippen LogP contribution in [0.1, 0.15) is 0 Å².